The molecule has 8 heteroatoms. The third-order valence-electron chi connectivity index (χ3n) is 6.32. The van der Waals surface area contributed by atoms with E-state index in [2.05, 4.69) is 32.8 Å². The van der Waals surface area contributed by atoms with Crippen LogP contribution in [0.1, 0.15) is 38.5 Å². The minimum absolute atomic E-state index is 0.279. The number of anilines is 1. The maximum absolute atomic E-state index is 13.7. The van der Waals surface area contributed by atoms with Crippen molar-refractivity contribution in [3.8, 4) is 0 Å². The highest BCUT2D eigenvalue weighted by atomic mass is 32.2. The first-order valence-corrected chi connectivity index (χ1v) is 12.0. The Bertz CT molecular complexity index is 906. The Kier molecular flexibility index (Phi) is 5.60. The third-order valence-corrected chi connectivity index (χ3v) is 8.59. The summed E-state index contributed by atoms with van der Waals surface area (Å²) in [6.07, 6.45) is 8.12. The summed E-state index contributed by atoms with van der Waals surface area (Å²) in [5.41, 5.74) is 0.857. The smallest absolute Gasteiger partial charge is 0.142 e. The molecule has 1 saturated carbocycles. The number of fused-ring (bicyclic) bond motifs is 1. The van der Waals surface area contributed by atoms with E-state index in [0.29, 0.717) is 30.7 Å². The van der Waals surface area contributed by atoms with Crippen LogP contribution >= 0.6 is 0 Å². The Morgan fingerprint density at radius 2 is 2.11 bits per heavy atom. The van der Waals surface area contributed by atoms with Gasteiger partial charge in [-0.1, -0.05) is 0 Å². The molecule has 6 nitrogen and oxygen atoms in total. The Morgan fingerprint density at radius 3 is 2.86 bits per heavy atom. The fourth-order valence-corrected chi connectivity index (χ4v) is 6.86. The summed E-state index contributed by atoms with van der Waals surface area (Å²) in [5, 5.41) is 1.04. The van der Waals surface area contributed by atoms with Gasteiger partial charge in [-0.05, 0) is 56.4 Å². The number of alkyl halides is 1. The predicted octanol–water partition coefficient (Wildman–Crippen LogP) is 3.02. The Hall–Kier alpha value is -1.67. The molecule has 2 atom stereocenters. The number of hydrogen-bond acceptors (Lipinski definition) is 4. The zero-order valence-electron chi connectivity index (χ0n) is 16.5. The number of aromatic nitrogens is 3. The number of rotatable bonds is 5. The summed E-state index contributed by atoms with van der Waals surface area (Å²) in [6, 6.07) is 2.43. The van der Waals surface area contributed by atoms with E-state index >= 15 is 0 Å². The fourth-order valence-electron chi connectivity index (χ4n) is 4.68. The monoisotopic (exact) mass is 407 g/mol. The highest BCUT2D eigenvalue weighted by molar-refractivity contribution is 7.98. The molecule has 0 spiro atoms. The molecule has 3 heterocycles. The van der Waals surface area contributed by atoms with Gasteiger partial charge in [-0.2, -0.15) is 0 Å². The van der Waals surface area contributed by atoms with Gasteiger partial charge in [0.05, 0.1) is 5.39 Å². The van der Waals surface area contributed by atoms with E-state index in [9.17, 15) is 8.60 Å². The molecule has 2 aromatic heterocycles. The van der Waals surface area contributed by atoms with Crippen LogP contribution in [0.2, 0.25) is 0 Å². The molecular formula is C20H30FN5OS. The minimum Gasteiger partial charge on any atom is -0.356 e. The number of piperidine rings is 1. The normalized spacial score (nSPS) is 28.9. The molecule has 28 heavy (non-hydrogen) atoms. The SMILES string of the molecule is C=S(=O)(CC1CCC(N(C)c2ncnc3[nH]ccc23)CC1)N1CCCC(F)C1. The van der Waals surface area contributed by atoms with Crippen molar-refractivity contribution < 1.29 is 8.60 Å². The summed E-state index contributed by atoms with van der Waals surface area (Å²) >= 11 is 0. The number of H-pyrrole nitrogens is 1. The van der Waals surface area contributed by atoms with E-state index in [1.54, 1.807) is 6.33 Å². The molecule has 2 aromatic rings. The van der Waals surface area contributed by atoms with Crippen LogP contribution in [0.15, 0.2) is 18.6 Å². The van der Waals surface area contributed by atoms with Crippen LogP contribution in [0.4, 0.5) is 10.2 Å². The first-order chi connectivity index (χ1) is 13.4. The summed E-state index contributed by atoms with van der Waals surface area (Å²) < 4.78 is 28.7. The molecule has 0 amide bonds. The van der Waals surface area contributed by atoms with Crippen LogP contribution in [-0.2, 0) is 9.71 Å². The van der Waals surface area contributed by atoms with E-state index in [1.165, 1.54) is 0 Å². The van der Waals surface area contributed by atoms with Gasteiger partial charge in [0.1, 0.15) is 24.0 Å². The van der Waals surface area contributed by atoms with Crippen molar-refractivity contribution in [3.05, 3.63) is 18.6 Å². The van der Waals surface area contributed by atoms with Crippen molar-refractivity contribution in [2.75, 3.05) is 30.8 Å². The van der Waals surface area contributed by atoms with E-state index < -0.39 is 15.9 Å². The zero-order chi connectivity index (χ0) is 19.7. The lowest BCUT2D eigenvalue weighted by Gasteiger charge is -2.38. The van der Waals surface area contributed by atoms with E-state index in [1.807, 2.05) is 16.6 Å². The molecule has 0 radical (unpaired) electrons. The summed E-state index contributed by atoms with van der Waals surface area (Å²) in [5.74, 6) is 5.95. The highest BCUT2D eigenvalue weighted by Gasteiger charge is 2.30. The van der Waals surface area contributed by atoms with Gasteiger partial charge in [0.2, 0.25) is 0 Å². The number of nitrogens with one attached hydrogen (secondary N) is 1. The second kappa shape index (κ2) is 7.99. The average molecular weight is 408 g/mol. The molecule has 2 unspecified atom stereocenters. The second-order valence-corrected chi connectivity index (χ2v) is 10.7. The molecule has 1 aliphatic carbocycles. The largest absolute Gasteiger partial charge is 0.356 e. The second-order valence-electron chi connectivity index (χ2n) is 8.29. The van der Waals surface area contributed by atoms with Gasteiger partial charge in [-0.3, -0.25) is 4.21 Å². The molecule has 154 valence electrons. The first-order valence-electron chi connectivity index (χ1n) is 10.2. The Balaban J connectivity index is 1.36. The molecular weight excluding hydrogens is 377 g/mol. The maximum atomic E-state index is 13.7. The van der Waals surface area contributed by atoms with Crippen molar-refractivity contribution >= 4 is 32.4 Å². The lowest BCUT2D eigenvalue weighted by molar-refractivity contribution is 0.206. The van der Waals surface area contributed by atoms with Crippen molar-refractivity contribution in [2.45, 2.75) is 50.7 Å². The molecule has 0 bridgehead atoms. The van der Waals surface area contributed by atoms with Gasteiger partial charge in [-0.25, -0.2) is 18.7 Å². The van der Waals surface area contributed by atoms with Gasteiger partial charge in [0.25, 0.3) is 0 Å². The molecule has 1 aliphatic heterocycles. The van der Waals surface area contributed by atoms with E-state index in [0.717, 1.165) is 49.0 Å². The standard InChI is InChI=1S/C20H30FN5OS/c1-25(20-18-9-10-22-19(18)23-14-24-20)17-7-5-15(6-8-17)13-28(2,27)26-11-3-4-16(21)12-26/h9-10,14-17H,2-8,11-13H2,1H3,(H,22,23,24). The minimum atomic E-state index is -2.37. The number of halogens is 1. The van der Waals surface area contributed by atoms with Crippen molar-refractivity contribution in [3.63, 3.8) is 0 Å². The van der Waals surface area contributed by atoms with Crippen LogP contribution < -0.4 is 4.90 Å². The third kappa shape index (κ3) is 4.03. The molecule has 2 aliphatic rings. The van der Waals surface area contributed by atoms with E-state index in [4.69, 9.17) is 0 Å². The maximum Gasteiger partial charge on any atom is 0.142 e. The Labute approximate surface area is 166 Å². The highest BCUT2D eigenvalue weighted by Crippen LogP contribution is 2.32. The van der Waals surface area contributed by atoms with Crippen molar-refractivity contribution in [1.82, 2.24) is 19.3 Å². The van der Waals surface area contributed by atoms with Crippen LogP contribution in [0.3, 0.4) is 0 Å². The fraction of sp³-hybridized carbons (Fsp3) is 0.650. The van der Waals surface area contributed by atoms with Crippen LogP contribution in [0.5, 0.6) is 0 Å². The van der Waals surface area contributed by atoms with Gasteiger partial charge in [-0.15, -0.1) is 0 Å². The average Bonchev–Trinajstić information content (AvgIpc) is 3.17. The van der Waals surface area contributed by atoms with E-state index in [-0.39, 0.29) is 6.54 Å². The zero-order valence-corrected chi connectivity index (χ0v) is 17.3. The van der Waals surface area contributed by atoms with Gasteiger partial charge >= 0.3 is 0 Å². The lowest BCUT2D eigenvalue weighted by Crippen LogP contribution is -2.44. The summed E-state index contributed by atoms with van der Waals surface area (Å²) in [6.45, 7) is 0.988. The molecule has 2 fully saturated rings. The van der Waals surface area contributed by atoms with Gasteiger partial charge in [0.15, 0.2) is 0 Å². The molecule has 1 saturated heterocycles. The molecule has 4 rings (SSSR count). The lowest BCUT2D eigenvalue weighted by atomic mass is 9.86. The topological polar surface area (TPSA) is 65.1 Å². The predicted molar refractivity (Wildman–Crippen MR) is 114 cm³/mol. The summed E-state index contributed by atoms with van der Waals surface area (Å²) in [4.78, 5) is 14.2. The van der Waals surface area contributed by atoms with Crippen molar-refractivity contribution in [1.29, 1.82) is 0 Å². The van der Waals surface area contributed by atoms with Crippen molar-refractivity contribution in [2.24, 2.45) is 5.92 Å². The Morgan fingerprint density at radius 1 is 1.32 bits per heavy atom. The number of nitrogens with zero attached hydrogens (tertiary/aromatic N) is 4. The first kappa shape index (κ1) is 19.6. The van der Waals surface area contributed by atoms with Gasteiger partial charge < -0.3 is 9.88 Å². The van der Waals surface area contributed by atoms with Crippen LogP contribution in [-0.4, -0.2) is 67.4 Å². The van der Waals surface area contributed by atoms with Crippen LogP contribution in [0, 0.1) is 5.92 Å². The number of hydrogen-bond donors (Lipinski definition) is 1. The molecule has 0 aromatic carbocycles. The van der Waals surface area contributed by atoms with Crippen LogP contribution in [0.25, 0.3) is 11.0 Å². The quantitative estimate of drug-likeness (QED) is 0.774. The summed E-state index contributed by atoms with van der Waals surface area (Å²) in [7, 11) is -0.275. The van der Waals surface area contributed by atoms with Gasteiger partial charge in [0, 0.05) is 47.8 Å². The number of aromatic amines is 1. The molecule has 1 N–H and O–H groups in total.